The van der Waals surface area contributed by atoms with Gasteiger partial charge in [0.1, 0.15) is 12.1 Å². The van der Waals surface area contributed by atoms with Gasteiger partial charge in [-0.05, 0) is 12.1 Å². The first-order valence-electron chi connectivity index (χ1n) is 8.03. The summed E-state index contributed by atoms with van der Waals surface area (Å²) >= 11 is 0. The Hall–Kier alpha value is -2.72. The van der Waals surface area contributed by atoms with Gasteiger partial charge in [-0.15, -0.1) is 0 Å². The second-order valence-corrected chi connectivity index (χ2v) is 5.49. The third kappa shape index (κ3) is 4.64. The molecule has 134 valence electrons. The second-order valence-electron chi connectivity index (χ2n) is 5.49. The first-order valence-corrected chi connectivity index (χ1v) is 8.03. The van der Waals surface area contributed by atoms with Gasteiger partial charge in [-0.2, -0.15) is 0 Å². The average Bonchev–Trinajstić information content (AvgIpc) is 3.14. The van der Waals surface area contributed by atoms with E-state index in [4.69, 9.17) is 9.15 Å². The minimum Gasteiger partial charge on any atom is -0.467 e. The highest BCUT2D eigenvalue weighted by molar-refractivity contribution is 5.69. The van der Waals surface area contributed by atoms with Crippen LogP contribution in [0, 0.1) is 10.1 Å². The molecule has 10 nitrogen and oxygen atoms in total. The monoisotopic (exact) mass is 348 g/mol. The van der Waals surface area contributed by atoms with Crippen LogP contribution in [-0.4, -0.2) is 59.2 Å². The molecule has 3 heterocycles. The third-order valence-corrected chi connectivity index (χ3v) is 3.84. The molecule has 1 aliphatic heterocycles. The van der Waals surface area contributed by atoms with Crippen molar-refractivity contribution in [3.8, 4) is 0 Å². The highest BCUT2D eigenvalue weighted by atomic mass is 16.6. The highest BCUT2D eigenvalue weighted by Gasteiger charge is 2.23. The molecule has 1 aliphatic rings. The normalized spacial score (nSPS) is 15.0. The summed E-state index contributed by atoms with van der Waals surface area (Å²) in [7, 11) is 0. The number of rotatable bonds is 8. The number of hydrogen-bond acceptors (Lipinski definition) is 9. The van der Waals surface area contributed by atoms with Crippen LogP contribution in [0.1, 0.15) is 5.76 Å². The molecular weight excluding hydrogens is 328 g/mol. The van der Waals surface area contributed by atoms with Gasteiger partial charge in [0.15, 0.2) is 0 Å². The van der Waals surface area contributed by atoms with Crippen LogP contribution in [0.4, 0.5) is 17.3 Å². The summed E-state index contributed by atoms with van der Waals surface area (Å²) < 4.78 is 10.5. The first-order chi connectivity index (χ1) is 12.2. The predicted molar refractivity (Wildman–Crippen MR) is 90.5 cm³/mol. The molecule has 0 spiro atoms. The standard InChI is InChI=1S/C15H20N6O4/c22-21(23)13-14(16-3-4-20-5-8-24-9-6-20)18-11-19-15(13)17-10-12-2-1-7-25-12/h1-2,7,11H,3-6,8-10H2,(H2,16,17,18,19). The van der Waals surface area contributed by atoms with Crippen LogP contribution >= 0.6 is 0 Å². The fourth-order valence-electron chi connectivity index (χ4n) is 2.55. The lowest BCUT2D eigenvalue weighted by Gasteiger charge is -2.26. The molecule has 0 unspecified atom stereocenters. The van der Waals surface area contributed by atoms with Gasteiger partial charge < -0.3 is 19.8 Å². The Kier molecular flexibility index (Phi) is 5.75. The van der Waals surface area contributed by atoms with Crippen molar-refractivity contribution in [1.29, 1.82) is 0 Å². The Morgan fingerprint density at radius 1 is 1.24 bits per heavy atom. The fourth-order valence-corrected chi connectivity index (χ4v) is 2.55. The number of nitrogens with zero attached hydrogens (tertiary/aromatic N) is 4. The first kappa shape index (κ1) is 17.1. The minimum atomic E-state index is -0.485. The second kappa shape index (κ2) is 8.40. The number of hydrogen-bond donors (Lipinski definition) is 2. The topological polar surface area (TPSA) is 119 Å². The van der Waals surface area contributed by atoms with Gasteiger partial charge in [0.05, 0.1) is 30.9 Å². The van der Waals surface area contributed by atoms with E-state index in [9.17, 15) is 10.1 Å². The Labute approximate surface area is 144 Å². The molecule has 2 aromatic heterocycles. The van der Waals surface area contributed by atoms with Crippen LogP contribution in [0.25, 0.3) is 0 Å². The van der Waals surface area contributed by atoms with Crippen LogP contribution in [0.5, 0.6) is 0 Å². The van der Waals surface area contributed by atoms with Crippen LogP contribution in [0.15, 0.2) is 29.1 Å². The number of nitrogens with one attached hydrogen (secondary N) is 2. The number of morpholine rings is 1. The SMILES string of the molecule is O=[N+]([O-])c1c(NCCN2CCOCC2)ncnc1NCc1ccco1. The average molecular weight is 348 g/mol. The maximum atomic E-state index is 11.5. The van der Waals surface area contributed by atoms with Crippen LogP contribution < -0.4 is 10.6 Å². The lowest BCUT2D eigenvalue weighted by molar-refractivity contribution is -0.383. The van der Waals surface area contributed by atoms with E-state index in [0.717, 1.165) is 19.6 Å². The molecule has 0 bridgehead atoms. The molecule has 0 aromatic carbocycles. The maximum absolute atomic E-state index is 11.5. The fraction of sp³-hybridized carbons (Fsp3) is 0.467. The van der Waals surface area contributed by atoms with Crippen molar-refractivity contribution in [3.05, 3.63) is 40.6 Å². The largest absolute Gasteiger partial charge is 0.467 e. The lowest BCUT2D eigenvalue weighted by Crippen LogP contribution is -2.39. The number of ether oxygens (including phenoxy) is 1. The molecule has 0 aliphatic carbocycles. The van der Waals surface area contributed by atoms with Gasteiger partial charge in [-0.3, -0.25) is 15.0 Å². The molecule has 10 heteroatoms. The van der Waals surface area contributed by atoms with E-state index in [2.05, 4.69) is 25.5 Å². The minimum absolute atomic E-state index is 0.158. The molecule has 1 fully saturated rings. The quantitative estimate of drug-likeness (QED) is 0.538. The van der Waals surface area contributed by atoms with E-state index < -0.39 is 4.92 Å². The summed E-state index contributed by atoms with van der Waals surface area (Å²) in [5.74, 6) is 1.02. The molecule has 25 heavy (non-hydrogen) atoms. The van der Waals surface area contributed by atoms with Crippen molar-refractivity contribution >= 4 is 17.3 Å². The third-order valence-electron chi connectivity index (χ3n) is 3.84. The van der Waals surface area contributed by atoms with Gasteiger partial charge in [0, 0.05) is 26.2 Å². The Bertz CT molecular complexity index is 687. The van der Waals surface area contributed by atoms with Crippen LogP contribution in [-0.2, 0) is 11.3 Å². The van der Waals surface area contributed by atoms with E-state index in [-0.39, 0.29) is 17.3 Å². The summed E-state index contributed by atoms with van der Waals surface area (Å²) in [5.41, 5.74) is -0.170. The smallest absolute Gasteiger partial charge is 0.353 e. The van der Waals surface area contributed by atoms with Crippen molar-refractivity contribution in [1.82, 2.24) is 14.9 Å². The number of furan rings is 1. The Morgan fingerprint density at radius 3 is 2.68 bits per heavy atom. The van der Waals surface area contributed by atoms with E-state index in [0.29, 0.717) is 32.1 Å². The van der Waals surface area contributed by atoms with Crippen LogP contribution in [0.3, 0.4) is 0 Å². The van der Waals surface area contributed by atoms with E-state index in [1.165, 1.54) is 6.33 Å². The highest BCUT2D eigenvalue weighted by Crippen LogP contribution is 2.29. The molecular formula is C15H20N6O4. The van der Waals surface area contributed by atoms with Gasteiger partial charge in [0.2, 0.25) is 11.6 Å². The maximum Gasteiger partial charge on any atom is 0.353 e. The predicted octanol–water partition coefficient (Wildman–Crippen LogP) is 1.33. The number of nitro groups is 1. The molecule has 0 radical (unpaired) electrons. The van der Waals surface area contributed by atoms with Gasteiger partial charge >= 0.3 is 5.69 Å². The van der Waals surface area contributed by atoms with E-state index >= 15 is 0 Å². The number of anilines is 2. The van der Waals surface area contributed by atoms with Crippen molar-refractivity contribution in [2.75, 3.05) is 50.0 Å². The van der Waals surface area contributed by atoms with Gasteiger partial charge in [0.25, 0.3) is 0 Å². The van der Waals surface area contributed by atoms with Crippen molar-refractivity contribution in [2.45, 2.75) is 6.54 Å². The van der Waals surface area contributed by atoms with E-state index in [1.807, 2.05) is 0 Å². The zero-order chi connectivity index (χ0) is 17.5. The molecule has 3 rings (SSSR count). The zero-order valence-electron chi connectivity index (χ0n) is 13.7. The van der Waals surface area contributed by atoms with Gasteiger partial charge in [-0.1, -0.05) is 0 Å². The summed E-state index contributed by atoms with van der Waals surface area (Å²) in [6.45, 7) is 4.78. The van der Waals surface area contributed by atoms with Crippen molar-refractivity contribution in [2.24, 2.45) is 0 Å². The molecule has 2 N–H and O–H groups in total. The zero-order valence-corrected chi connectivity index (χ0v) is 13.7. The Morgan fingerprint density at radius 2 is 2.00 bits per heavy atom. The van der Waals surface area contributed by atoms with Gasteiger partial charge in [-0.25, -0.2) is 9.97 Å². The number of aromatic nitrogens is 2. The molecule has 0 saturated carbocycles. The summed E-state index contributed by atoms with van der Waals surface area (Å²) in [6, 6.07) is 3.53. The molecule has 2 aromatic rings. The summed E-state index contributed by atoms with van der Waals surface area (Å²) in [5, 5.41) is 17.4. The Balaban J connectivity index is 1.63. The summed E-state index contributed by atoms with van der Waals surface area (Å²) in [6.07, 6.45) is 2.85. The summed E-state index contributed by atoms with van der Waals surface area (Å²) in [4.78, 5) is 21.2. The van der Waals surface area contributed by atoms with Crippen molar-refractivity contribution < 1.29 is 14.1 Å². The lowest BCUT2D eigenvalue weighted by atomic mass is 10.3. The molecule has 0 amide bonds. The van der Waals surface area contributed by atoms with E-state index in [1.54, 1.807) is 18.4 Å². The van der Waals surface area contributed by atoms with Crippen LogP contribution in [0.2, 0.25) is 0 Å². The molecule has 1 saturated heterocycles. The molecule has 0 atom stereocenters. The van der Waals surface area contributed by atoms with Crippen molar-refractivity contribution in [3.63, 3.8) is 0 Å².